The first-order valence-corrected chi connectivity index (χ1v) is 11.2. The van der Waals surface area contributed by atoms with Crippen molar-refractivity contribution in [3.05, 3.63) is 57.8 Å². The third-order valence-corrected chi connectivity index (χ3v) is 7.45. The van der Waals surface area contributed by atoms with Gasteiger partial charge in [0.05, 0.1) is 20.9 Å². The summed E-state index contributed by atoms with van der Waals surface area (Å²) in [5.41, 5.74) is 0.982. The molecule has 1 aromatic heterocycles. The number of fused-ring (bicyclic) bond motifs is 1. The van der Waals surface area contributed by atoms with Crippen LogP contribution in [0.25, 0.3) is 10.2 Å². The van der Waals surface area contributed by atoms with Crippen molar-refractivity contribution < 1.29 is 13.2 Å². The van der Waals surface area contributed by atoms with Gasteiger partial charge >= 0.3 is 0 Å². The monoisotopic (exact) mass is 452 g/mol. The lowest BCUT2D eigenvalue weighted by molar-refractivity contribution is -0.118. The highest BCUT2D eigenvalue weighted by Crippen LogP contribution is 2.24. The van der Waals surface area contributed by atoms with E-state index in [9.17, 15) is 13.2 Å². The number of rotatable bonds is 5. The number of aromatic nitrogens is 1. The zero-order chi connectivity index (χ0) is 18.7. The van der Waals surface area contributed by atoms with Crippen molar-refractivity contribution in [2.24, 2.45) is 12.0 Å². The Kier molecular flexibility index (Phi) is 5.74. The lowest BCUT2D eigenvalue weighted by atomic mass is 10.3. The first kappa shape index (κ1) is 19.0. The van der Waals surface area contributed by atoms with Crippen molar-refractivity contribution in [2.45, 2.75) is 17.7 Å². The van der Waals surface area contributed by atoms with Gasteiger partial charge in [0.2, 0.25) is 5.91 Å². The van der Waals surface area contributed by atoms with E-state index < -0.39 is 9.84 Å². The van der Waals surface area contributed by atoms with Crippen LogP contribution in [0.3, 0.4) is 0 Å². The van der Waals surface area contributed by atoms with E-state index in [4.69, 9.17) is 0 Å². The van der Waals surface area contributed by atoms with Crippen molar-refractivity contribution in [1.82, 2.24) is 4.57 Å². The average Bonchev–Trinajstić information content (AvgIpc) is 2.92. The Labute approximate surface area is 164 Å². The molecule has 0 fully saturated rings. The SMILES string of the molecule is Cn1c(=NC(=O)CCCS(=O)(=O)c2ccccc2)sc2cccc(Br)c21. The minimum absolute atomic E-state index is 0.0671. The maximum absolute atomic E-state index is 12.2. The van der Waals surface area contributed by atoms with Crippen LogP contribution in [0.5, 0.6) is 0 Å². The lowest BCUT2D eigenvalue weighted by Crippen LogP contribution is -2.14. The van der Waals surface area contributed by atoms with Crippen LogP contribution in [-0.4, -0.2) is 24.6 Å². The molecule has 0 saturated carbocycles. The number of nitrogens with zero attached hydrogens (tertiary/aromatic N) is 2. The van der Waals surface area contributed by atoms with Gasteiger partial charge in [0.1, 0.15) is 0 Å². The molecule has 3 rings (SSSR count). The predicted octanol–water partition coefficient (Wildman–Crippen LogP) is 3.68. The molecule has 1 amide bonds. The second-order valence-corrected chi connectivity index (χ2v) is 9.74. The Morgan fingerprint density at radius 2 is 1.88 bits per heavy atom. The largest absolute Gasteiger partial charge is 0.318 e. The molecule has 0 atom stereocenters. The summed E-state index contributed by atoms with van der Waals surface area (Å²) in [5.74, 6) is -0.380. The van der Waals surface area contributed by atoms with Crippen LogP contribution in [-0.2, 0) is 21.7 Å². The van der Waals surface area contributed by atoms with Crippen LogP contribution in [0.15, 0.2) is 62.9 Å². The number of carbonyl (C=O) groups is 1. The van der Waals surface area contributed by atoms with Gasteiger partial charge in [-0.2, -0.15) is 4.99 Å². The normalized spacial score (nSPS) is 12.6. The van der Waals surface area contributed by atoms with E-state index in [1.54, 1.807) is 30.3 Å². The van der Waals surface area contributed by atoms with E-state index in [1.165, 1.54) is 11.3 Å². The van der Waals surface area contributed by atoms with E-state index in [1.807, 2.05) is 29.8 Å². The lowest BCUT2D eigenvalue weighted by Gasteiger charge is -2.02. The minimum Gasteiger partial charge on any atom is -0.318 e. The maximum Gasteiger partial charge on any atom is 0.248 e. The second kappa shape index (κ2) is 7.85. The van der Waals surface area contributed by atoms with Gasteiger partial charge in [0, 0.05) is 17.9 Å². The fourth-order valence-corrected chi connectivity index (χ4v) is 5.74. The molecular formula is C18H17BrN2O3S2. The zero-order valence-corrected chi connectivity index (χ0v) is 17.3. The number of thiazole rings is 1. The standard InChI is InChI=1S/C18H17BrN2O3S2/c1-21-17-14(19)9-5-10-15(17)25-18(21)20-16(22)11-6-12-26(23,24)13-7-3-2-4-8-13/h2-5,7-10H,6,11-12H2,1H3. The van der Waals surface area contributed by atoms with Gasteiger partial charge in [-0.3, -0.25) is 4.79 Å². The summed E-state index contributed by atoms with van der Waals surface area (Å²) >= 11 is 4.94. The first-order valence-electron chi connectivity index (χ1n) is 7.98. The molecule has 0 spiro atoms. The van der Waals surface area contributed by atoms with Gasteiger partial charge in [-0.05, 0) is 46.6 Å². The van der Waals surface area contributed by atoms with Crippen molar-refractivity contribution in [3.63, 3.8) is 0 Å². The van der Waals surface area contributed by atoms with Crippen molar-refractivity contribution in [2.75, 3.05) is 5.75 Å². The molecule has 0 unspecified atom stereocenters. The fourth-order valence-electron chi connectivity index (χ4n) is 2.59. The molecule has 8 heteroatoms. The topological polar surface area (TPSA) is 68.5 Å². The Hall–Kier alpha value is -1.77. The summed E-state index contributed by atoms with van der Waals surface area (Å²) < 4.78 is 28.3. The second-order valence-electron chi connectivity index (χ2n) is 5.77. The Morgan fingerprint density at radius 3 is 2.58 bits per heavy atom. The smallest absolute Gasteiger partial charge is 0.248 e. The van der Waals surface area contributed by atoms with E-state index in [-0.39, 0.29) is 29.4 Å². The molecule has 2 aromatic carbocycles. The summed E-state index contributed by atoms with van der Waals surface area (Å²) in [6, 6.07) is 14.1. The average molecular weight is 453 g/mol. The summed E-state index contributed by atoms with van der Waals surface area (Å²) in [6.45, 7) is 0. The van der Waals surface area contributed by atoms with Crippen LogP contribution >= 0.6 is 27.3 Å². The summed E-state index contributed by atoms with van der Waals surface area (Å²) in [5, 5.41) is 0. The number of halogens is 1. The molecule has 136 valence electrons. The van der Waals surface area contributed by atoms with Crippen LogP contribution in [0.4, 0.5) is 0 Å². The molecule has 0 aliphatic heterocycles. The van der Waals surface area contributed by atoms with Crippen LogP contribution in [0.1, 0.15) is 12.8 Å². The van der Waals surface area contributed by atoms with Crippen LogP contribution < -0.4 is 4.80 Å². The van der Waals surface area contributed by atoms with E-state index in [2.05, 4.69) is 20.9 Å². The molecule has 0 N–H and O–H groups in total. The highest BCUT2D eigenvalue weighted by atomic mass is 79.9. The number of aryl methyl sites for hydroxylation is 1. The first-order chi connectivity index (χ1) is 12.4. The number of benzene rings is 2. The molecule has 3 aromatic rings. The molecule has 1 heterocycles. The van der Waals surface area contributed by atoms with Crippen molar-refractivity contribution in [1.29, 1.82) is 0 Å². The summed E-state index contributed by atoms with van der Waals surface area (Å²) in [4.78, 5) is 17.2. The number of para-hydroxylation sites is 1. The minimum atomic E-state index is -3.37. The number of amides is 1. The van der Waals surface area contributed by atoms with E-state index in [0.717, 1.165) is 14.7 Å². The molecule has 5 nitrogen and oxygen atoms in total. The fraction of sp³-hybridized carbons (Fsp3) is 0.222. The maximum atomic E-state index is 12.2. The summed E-state index contributed by atoms with van der Waals surface area (Å²) in [6.07, 6.45) is 0.347. The quantitative estimate of drug-likeness (QED) is 0.592. The Morgan fingerprint density at radius 1 is 1.15 bits per heavy atom. The van der Waals surface area contributed by atoms with E-state index in [0.29, 0.717) is 4.80 Å². The Balaban J connectivity index is 1.71. The molecular weight excluding hydrogens is 436 g/mol. The number of sulfone groups is 1. The molecule has 26 heavy (non-hydrogen) atoms. The van der Waals surface area contributed by atoms with Gasteiger partial charge in [0.25, 0.3) is 0 Å². The van der Waals surface area contributed by atoms with Crippen molar-refractivity contribution >= 4 is 53.2 Å². The van der Waals surface area contributed by atoms with E-state index >= 15 is 0 Å². The third kappa shape index (κ3) is 4.13. The highest BCUT2D eigenvalue weighted by molar-refractivity contribution is 9.10. The zero-order valence-electron chi connectivity index (χ0n) is 14.1. The van der Waals surface area contributed by atoms with Gasteiger partial charge < -0.3 is 4.57 Å². The number of carbonyl (C=O) groups excluding carboxylic acids is 1. The molecule has 0 aliphatic rings. The summed E-state index contributed by atoms with van der Waals surface area (Å²) in [7, 11) is -1.51. The number of hydrogen-bond acceptors (Lipinski definition) is 4. The van der Waals surface area contributed by atoms with Gasteiger partial charge in [0.15, 0.2) is 14.6 Å². The molecule has 0 radical (unpaired) electrons. The molecule has 0 aliphatic carbocycles. The van der Waals surface area contributed by atoms with Gasteiger partial charge in [-0.1, -0.05) is 35.6 Å². The molecule has 0 bridgehead atoms. The highest BCUT2D eigenvalue weighted by Gasteiger charge is 2.14. The van der Waals surface area contributed by atoms with Crippen LogP contribution in [0, 0.1) is 0 Å². The predicted molar refractivity (Wildman–Crippen MR) is 107 cm³/mol. The van der Waals surface area contributed by atoms with Crippen molar-refractivity contribution in [3.8, 4) is 0 Å². The van der Waals surface area contributed by atoms with Gasteiger partial charge in [-0.15, -0.1) is 0 Å². The Bertz CT molecular complexity index is 1120. The molecule has 0 saturated heterocycles. The number of hydrogen-bond donors (Lipinski definition) is 0. The van der Waals surface area contributed by atoms with Crippen LogP contribution in [0.2, 0.25) is 0 Å². The third-order valence-electron chi connectivity index (χ3n) is 3.90. The van der Waals surface area contributed by atoms with Gasteiger partial charge in [-0.25, -0.2) is 8.42 Å².